The topological polar surface area (TPSA) is 94.1 Å². The van der Waals surface area contributed by atoms with E-state index in [2.05, 4.69) is 5.32 Å². The lowest BCUT2D eigenvalue weighted by Crippen LogP contribution is -2.50. The van der Waals surface area contributed by atoms with E-state index in [0.29, 0.717) is 18.6 Å². The Hall–Kier alpha value is -2.12. The van der Waals surface area contributed by atoms with Gasteiger partial charge in [-0.05, 0) is 43.5 Å². The molecule has 7 heteroatoms. The largest absolute Gasteiger partial charge is 0.496 e. The molecule has 1 fully saturated rings. The van der Waals surface area contributed by atoms with Crippen LogP contribution in [0, 0.1) is 13.8 Å². The fourth-order valence-corrected chi connectivity index (χ4v) is 2.87. The van der Waals surface area contributed by atoms with E-state index in [1.165, 1.54) is 0 Å². The summed E-state index contributed by atoms with van der Waals surface area (Å²) in [5.41, 5.74) is 2.30. The van der Waals surface area contributed by atoms with E-state index >= 15 is 0 Å². The number of carboxylic acids is 1. The number of amides is 1. The Bertz CT molecular complexity index is 592. The Kier molecular flexibility index (Phi) is 6.16. The van der Waals surface area contributed by atoms with Gasteiger partial charge >= 0.3 is 5.97 Å². The lowest BCUT2D eigenvalue weighted by molar-refractivity contribution is -0.148. The van der Waals surface area contributed by atoms with E-state index in [0.717, 1.165) is 16.9 Å². The van der Waals surface area contributed by atoms with E-state index in [-0.39, 0.29) is 18.6 Å². The number of carbonyl (C=O) groups excluding carboxylic acids is 1. The molecule has 0 unspecified atom stereocenters. The summed E-state index contributed by atoms with van der Waals surface area (Å²) >= 11 is 0. The molecule has 1 aliphatic heterocycles. The first-order valence-corrected chi connectivity index (χ1v) is 7.79. The number of hydrogen-bond donors (Lipinski definition) is 2. The van der Waals surface area contributed by atoms with E-state index in [1.54, 1.807) is 19.2 Å². The van der Waals surface area contributed by atoms with Gasteiger partial charge < -0.3 is 24.6 Å². The standard InChI is InChI=1S/C17H23NO6/c1-10-6-12(7-11(2)16(10)22-3)17(21)18-13-4-5-23-8-14(13)24-9-15(19)20/h6-7,13-14H,4-5,8-9H2,1-3H3,(H,18,21)(H,19,20)/t13-,14-/m1/s1. The normalized spacial score (nSPS) is 20.5. The molecule has 1 aliphatic rings. The predicted octanol–water partition coefficient (Wildman–Crippen LogP) is 1.30. The summed E-state index contributed by atoms with van der Waals surface area (Å²) in [5.74, 6) is -0.507. The number of aliphatic carboxylic acids is 1. The number of carbonyl (C=O) groups is 2. The molecule has 1 aromatic rings. The molecule has 2 atom stereocenters. The van der Waals surface area contributed by atoms with Gasteiger partial charge in [0, 0.05) is 12.2 Å². The van der Waals surface area contributed by atoms with Crippen LogP contribution in [0.2, 0.25) is 0 Å². The van der Waals surface area contributed by atoms with Crippen molar-refractivity contribution in [3.05, 3.63) is 28.8 Å². The van der Waals surface area contributed by atoms with Crippen LogP contribution in [0.4, 0.5) is 0 Å². The summed E-state index contributed by atoms with van der Waals surface area (Å²) in [6.45, 7) is 4.12. The van der Waals surface area contributed by atoms with Crippen molar-refractivity contribution in [1.82, 2.24) is 5.32 Å². The molecule has 2 rings (SSSR count). The van der Waals surface area contributed by atoms with Crippen LogP contribution in [0.25, 0.3) is 0 Å². The highest BCUT2D eigenvalue weighted by Gasteiger charge is 2.29. The van der Waals surface area contributed by atoms with Crippen LogP contribution in [0.3, 0.4) is 0 Å². The molecule has 1 amide bonds. The van der Waals surface area contributed by atoms with Gasteiger partial charge in [0.25, 0.3) is 5.91 Å². The van der Waals surface area contributed by atoms with Gasteiger partial charge in [0.15, 0.2) is 0 Å². The smallest absolute Gasteiger partial charge is 0.329 e. The number of hydrogen-bond acceptors (Lipinski definition) is 5. The molecule has 0 aromatic heterocycles. The first-order chi connectivity index (χ1) is 11.4. The number of nitrogens with one attached hydrogen (secondary N) is 1. The predicted molar refractivity (Wildman–Crippen MR) is 86.5 cm³/mol. The summed E-state index contributed by atoms with van der Waals surface area (Å²) in [5, 5.41) is 11.7. The van der Waals surface area contributed by atoms with E-state index in [4.69, 9.17) is 19.3 Å². The van der Waals surface area contributed by atoms with E-state index in [1.807, 2.05) is 13.8 Å². The van der Waals surface area contributed by atoms with Crippen LogP contribution in [-0.2, 0) is 14.3 Å². The molecule has 0 saturated carbocycles. The summed E-state index contributed by atoms with van der Waals surface area (Å²) in [7, 11) is 1.60. The van der Waals surface area contributed by atoms with E-state index < -0.39 is 18.7 Å². The van der Waals surface area contributed by atoms with Crippen molar-refractivity contribution >= 4 is 11.9 Å². The fourth-order valence-electron chi connectivity index (χ4n) is 2.87. The van der Waals surface area contributed by atoms with Crippen LogP contribution in [0.1, 0.15) is 27.9 Å². The van der Waals surface area contributed by atoms with Crippen LogP contribution >= 0.6 is 0 Å². The minimum atomic E-state index is -1.05. The Labute approximate surface area is 140 Å². The molecule has 1 heterocycles. The fraction of sp³-hybridized carbons (Fsp3) is 0.529. The third-order valence-corrected chi connectivity index (χ3v) is 3.97. The monoisotopic (exact) mass is 337 g/mol. The maximum absolute atomic E-state index is 12.5. The number of carboxylic acid groups (broad SMARTS) is 1. The second-order valence-corrected chi connectivity index (χ2v) is 5.83. The number of aryl methyl sites for hydroxylation is 2. The third-order valence-electron chi connectivity index (χ3n) is 3.97. The molecule has 0 aliphatic carbocycles. The molecule has 0 spiro atoms. The zero-order valence-electron chi connectivity index (χ0n) is 14.1. The Balaban J connectivity index is 2.08. The number of ether oxygens (including phenoxy) is 3. The van der Waals surface area contributed by atoms with Crippen molar-refractivity contribution in [1.29, 1.82) is 0 Å². The average Bonchev–Trinajstić information content (AvgIpc) is 2.53. The summed E-state index contributed by atoms with van der Waals surface area (Å²) in [6.07, 6.45) is 0.101. The second-order valence-electron chi connectivity index (χ2n) is 5.83. The molecular weight excluding hydrogens is 314 g/mol. The highest BCUT2D eigenvalue weighted by Crippen LogP contribution is 2.24. The van der Waals surface area contributed by atoms with Crippen molar-refractivity contribution in [3.63, 3.8) is 0 Å². The zero-order chi connectivity index (χ0) is 17.7. The van der Waals surface area contributed by atoms with Crippen molar-refractivity contribution in [2.45, 2.75) is 32.4 Å². The molecule has 1 aromatic carbocycles. The lowest BCUT2D eigenvalue weighted by Gasteiger charge is -2.31. The van der Waals surface area contributed by atoms with Crippen LogP contribution in [0.15, 0.2) is 12.1 Å². The molecule has 24 heavy (non-hydrogen) atoms. The SMILES string of the molecule is COc1c(C)cc(C(=O)N[C@@H]2CCOC[C@H]2OCC(=O)O)cc1C. The highest BCUT2D eigenvalue weighted by molar-refractivity contribution is 5.95. The minimum absolute atomic E-state index is 0.223. The Morgan fingerprint density at radius 2 is 2.00 bits per heavy atom. The van der Waals surface area contributed by atoms with Crippen molar-refractivity contribution in [2.24, 2.45) is 0 Å². The van der Waals surface area contributed by atoms with Crippen LogP contribution in [-0.4, -0.2) is 56.1 Å². The van der Waals surface area contributed by atoms with Gasteiger partial charge in [0.2, 0.25) is 0 Å². The molecule has 0 radical (unpaired) electrons. The molecule has 1 saturated heterocycles. The molecule has 2 N–H and O–H groups in total. The van der Waals surface area contributed by atoms with Gasteiger partial charge in [0.1, 0.15) is 18.5 Å². The highest BCUT2D eigenvalue weighted by atomic mass is 16.5. The summed E-state index contributed by atoms with van der Waals surface area (Å²) < 4.78 is 15.9. The van der Waals surface area contributed by atoms with Crippen molar-refractivity contribution in [2.75, 3.05) is 26.9 Å². The van der Waals surface area contributed by atoms with Crippen molar-refractivity contribution < 1.29 is 28.9 Å². The number of benzene rings is 1. The second kappa shape index (κ2) is 8.12. The summed E-state index contributed by atoms with van der Waals surface area (Å²) in [6, 6.07) is 3.26. The van der Waals surface area contributed by atoms with Gasteiger partial charge in [-0.15, -0.1) is 0 Å². The molecular formula is C17H23NO6. The molecule has 0 bridgehead atoms. The van der Waals surface area contributed by atoms with Gasteiger partial charge in [0.05, 0.1) is 19.8 Å². The maximum Gasteiger partial charge on any atom is 0.329 e. The quantitative estimate of drug-likeness (QED) is 0.813. The lowest BCUT2D eigenvalue weighted by atomic mass is 10.0. The first-order valence-electron chi connectivity index (χ1n) is 7.79. The summed E-state index contributed by atoms with van der Waals surface area (Å²) in [4.78, 5) is 23.2. The van der Waals surface area contributed by atoms with Crippen LogP contribution < -0.4 is 10.1 Å². The average molecular weight is 337 g/mol. The van der Waals surface area contributed by atoms with Crippen LogP contribution in [0.5, 0.6) is 5.75 Å². The van der Waals surface area contributed by atoms with Gasteiger partial charge in [-0.25, -0.2) is 4.79 Å². The van der Waals surface area contributed by atoms with Crippen molar-refractivity contribution in [3.8, 4) is 5.75 Å². The van der Waals surface area contributed by atoms with Gasteiger partial charge in [-0.1, -0.05) is 0 Å². The Morgan fingerprint density at radius 1 is 1.33 bits per heavy atom. The Morgan fingerprint density at radius 3 is 2.58 bits per heavy atom. The first kappa shape index (κ1) is 18.2. The molecule has 7 nitrogen and oxygen atoms in total. The zero-order valence-corrected chi connectivity index (χ0v) is 14.1. The number of methoxy groups -OCH3 is 1. The number of rotatable bonds is 6. The van der Waals surface area contributed by atoms with Gasteiger partial charge in [-0.2, -0.15) is 0 Å². The van der Waals surface area contributed by atoms with Gasteiger partial charge in [-0.3, -0.25) is 4.79 Å². The maximum atomic E-state index is 12.5. The third kappa shape index (κ3) is 4.46. The minimum Gasteiger partial charge on any atom is -0.496 e. The molecule has 132 valence electrons. The van der Waals surface area contributed by atoms with E-state index in [9.17, 15) is 9.59 Å².